The molecule has 3 aliphatic rings. The predicted octanol–water partition coefficient (Wildman–Crippen LogP) is 29.4. The van der Waals surface area contributed by atoms with Crippen LogP contribution in [0.25, 0.3) is 111 Å². The zero-order valence-corrected chi connectivity index (χ0v) is 85.4. The Labute approximate surface area is 790 Å². The van der Waals surface area contributed by atoms with Crippen molar-refractivity contribution >= 4 is 50.1 Å². The van der Waals surface area contributed by atoms with Crippen LogP contribution in [-0.4, -0.2) is 47.6 Å². The zero-order chi connectivity index (χ0) is 89.6. The first-order valence-corrected chi connectivity index (χ1v) is 43.5. The Morgan fingerprint density at radius 3 is 1.04 bits per heavy atom. The summed E-state index contributed by atoms with van der Waals surface area (Å²) in [6.45, 7) is 51.8. The molecule has 3 radical (unpaired) electrons. The van der Waals surface area contributed by atoms with Crippen molar-refractivity contribution in [2.75, 3.05) is 0 Å². The van der Waals surface area contributed by atoms with Crippen LogP contribution in [0.15, 0.2) is 224 Å². The third kappa shape index (κ3) is 24.3. The van der Waals surface area contributed by atoms with Gasteiger partial charge in [-0.2, -0.15) is 0 Å². The molecule has 3 heterocycles. The zero-order valence-electron chi connectivity index (χ0n) is 78.2. The van der Waals surface area contributed by atoms with Gasteiger partial charge >= 0.3 is 0 Å². The minimum atomic E-state index is -0.125. The molecule has 0 amide bonds. The van der Waals surface area contributed by atoms with E-state index in [1.54, 1.807) is 0 Å². The number of aliphatic hydroxyl groups is 3. The van der Waals surface area contributed by atoms with E-state index < -0.39 is 0 Å². The maximum absolute atomic E-state index is 11.2. The number of aromatic nitrogens is 3. The molecule has 3 aromatic heterocycles. The summed E-state index contributed by atoms with van der Waals surface area (Å²) in [6, 6.07) is 80.0. The first kappa shape index (κ1) is 101. The first-order chi connectivity index (χ1) is 57.9. The Morgan fingerprint density at radius 2 is 0.683 bits per heavy atom. The number of carbonyl (C=O) groups excluding carboxylic acids is 3. The second-order valence-electron chi connectivity index (χ2n) is 37.6. The summed E-state index contributed by atoms with van der Waals surface area (Å²) in [5.74, 6) is 2.02. The van der Waals surface area contributed by atoms with E-state index in [9.17, 15) is 19.5 Å². The number of aliphatic hydroxyl groups excluding tert-OH is 3. The third-order valence-corrected chi connectivity index (χ3v) is 22.9. The second-order valence-corrected chi connectivity index (χ2v) is 37.6. The van der Waals surface area contributed by atoms with Gasteiger partial charge in [0, 0.05) is 124 Å². The van der Waals surface area contributed by atoms with Gasteiger partial charge in [-0.15, -0.1) is 105 Å². The van der Waals surface area contributed by atoms with Crippen LogP contribution in [0.3, 0.4) is 0 Å². The summed E-state index contributed by atoms with van der Waals surface area (Å²) < 4.78 is 0. The Balaban J connectivity index is 0.000000202. The molecule has 126 heavy (non-hydrogen) atoms. The van der Waals surface area contributed by atoms with E-state index in [0.29, 0.717) is 36.5 Å². The number of pyridine rings is 3. The molecule has 3 N–H and O–H groups in total. The molecule has 12 heteroatoms. The Hall–Kier alpha value is -9.99. The van der Waals surface area contributed by atoms with E-state index in [4.69, 9.17) is 25.2 Å². The molecule has 0 bridgehead atoms. The maximum atomic E-state index is 11.2. The van der Waals surface area contributed by atoms with Gasteiger partial charge in [-0.05, 0) is 214 Å². The fourth-order valence-corrected chi connectivity index (χ4v) is 17.9. The molecule has 0 unspecified atom stereocenters. The van der Waals surface area contributed by atoms with E-state index in [-0.39, 0.29) is 111 Å². The molecular formula is C114H124Ir3N3O6-3. The maximum Gasteiger partial charge on any atom is 0.159 e. The number of fused-ring (bicyclic) bond motifs is 12. The topological polar surface area (TPSA) is 151 Å². The van der Waals surface area contributed by atoms with Crippen LogP contribution in [-0.2, 0) is 104 Å². The minimum absolute atomic E-state index is 0. The van der Waals surface area contributed by atoms with E-state index >= 15 is 0 Å². The van der Waals surface area contributed by atoms with Gasteiger partial charge in [-0.3, -0.25) is 29.3 Å². The number of allylic oxidation sites excluding steroid dienone is 6. The SMILES string of the molecule is CC(=O)C=C(C)O.CC(=O)C=C(C)O.CC(C)CC(=O)C=C(O)CC(C)C.Cc1[c-]c(-c2cc(-c3ccccc3)c3cc4c(cc3n2)C(C)(C)c2ccccc2-4)cc(C)c1.Cc1[c-]c(-c2cc(CC(C)C)c3cc4c(cc3n2)C(C)(C)c2cc(C)ccc2-4)cc(C)c1.Cc1[c-]c(-c2cc(CC(C)C)c3cc4c(cc3n2)C(C)(C)c2ccccc2-4)cc(C)c1.[Ir].[Ir].[Ir]. The molecular weight excluding hydrogens is 2080 g/mol. The van der Waals surface area contributed by atoms with Gasteiger partial charge in [0.1, 0.15) is 0 Å². The van der Waals surface area contributed by atoms with Crippen LogP contribution in [0.5, 0.6) is 0 Å². The standard InChI is InChI=1S/C32H26N.C31H32N.C30H30N.C11H20O2.2C5H8O2.3Ir/c1-20-14-21(2)16-23(15-20)30-18-25(22-10-6-5-7-11-22)27-17-26-24-12-8-9-13-28(24)32(3,4)29(26)19-31(27)33-30;1-18(2)10-22-15-29(23-12-20(4)11-21(5)13-23)32-30-17-28-26(16-25(22)30)24-9-8-19(3)14-27(24)31(28,6)7;1-18(2)11-21-15-28(22-13-19(3)12-20(4)14-22)31-29-17-27-25(16-24(21)29)23-9-7-8-10-26(23)30(27,5)6;1-8(2)5-10(12)7-11(13)6-9(3)4;2*1-4(6)3-5(2)7;;;/h5-15,17-19H,1-4H3;8-9,11-12,14-18H,10H2,1-7H3;7-10,12-13,15-18H,11H2,1-6H3;7-9,12H,5-6H2,1-4H3;2*3,6H,1-2H3;;;/q3*-1;;;;;;. The summed E-state index contributed by atoms with van der Waals surface area (Å²) in [5.41, 5.74) is 39.6. The largest absolute Gasteiger partial charge is 0.512 e. The number of benzene rings is 10. The first-order valence-electron chi connectivity index (χ1n) is 43.5. The Kier molecular flexibility index (Phi) is 34.4. The summed E-state index contributed by atoms with van der Waals surface area (Å²) >= 11 is 0. The molecule has 0 aliphatic heterocycles. The molecule has 10 aromatic carbocycles. The number of carbonyl (C=O) groups is 3. The molecule has 3 aliphatic carbocycles. The van der Waals surface area contributed by atoms with Crippen LogP contribution in [0.2, 0.25) is 0 Å². The number of hydrogen-bond acceptors (Lipinski definition) is 9. The van der Waals surface area contributed by atoms with Crippen molar-refractivity contribution in [2.24, 2.45) is 23.7 Å². The molecule has 0 atom stereocenters. The summed E-state index contributed by atoms with van der Waals surface area (Å²) in [6.07, 6.45) is 6.88. The molecule has 0 saturated heterocycles. The van der Waals surface area contributed by atoms with Crippen LogP contribution in [0, 0.1) is 90.3 Å². The number of hydrogen-bond donors (Lipinski definition) is 3. The van der Waals surface area contributed by atoms with Gasteiger partial charge in [-0.1, -0.05) is 259 Å². The van der Waals surface area contributed by atoms with Crippen LogP contribution < -0.4 is 0 Å². The van der Waals surface area contributed by atoms with Crippen molar-refractivity contribution < 1.29 is 90.0 Å². The van der Waals surface area contributed by atoms with Crippen molar-refractivity contribution in [1.82, 2.24) is 15.0 Å². The minimum Gasteiger partial charge on any atom is -0.512 e. The van der Waals surface area contributed by atoms with Crippen LogP contribution in [0.4, 0.5) is 0 Å². The van der Waals surface area contributed by atoms with E-state index in [2.05, 4.69) is 324 Å². The quantitative estimate of drug-likeness (QED) is 0.0518. The number of rotatable bonds is 15. The summed E-state index contributed by atoms with van der Waals surface area (Å²) in [4.78, 5) is 46.8. The van der Waals surface area contributed by atoms with E-state index in [1.165, 1.54) is 173 Å². The molecule has 9 nitrogen and oxygen atoms in total. The fraction of sp³-hybridized carbons (Fsp3) is 0.316. The van der Waals surface area contributed by atoms with Gasteiger partial charge in [0.05, 0.1) is 33.8 Å². The summed E-state index contributed by atoms with van der Waals surface area (Å²) in [7, 11) is 0. The van der Waals surface area contributed by atoms with Gasteiger partial charge in [-0.25, -0.2) is 0 Å². The smallest absolute Gasteiger partial charge is 0.159 e. The van der Waals surface area contributed by atoms with Gasteiger partial charge in [0.2, 0.25) is 0 Å². The average Bonchev–Trinajstić information content (AvgIpc) is 1.60. The monoisotopic (exact) mass is 2210 g/mol. The van der Waals surface area contributed by atoms with Crippen molar-refractivity contribution in [3.8, 4) is 78.3 Å². The molecule has 13 aromatic rings. The molecule has 0 spiro atoms. The third-order valence-electron chi connectivity index (χ3n) is 22.9. The van der Waals surface area contributed by atoms with Crippen molar-refractivity contribution in [3.05, 3.63) is 325 Å². The van der Waals surface area contributed by atoms with E-state index in [1.807, 2.05) is 27.7 Å². The fourth-order valence-electron chi connectivity index (χ4n) is 17.9. The van der Waals surface area contributed by atoms with Crippen molar-refractivity contribution in [1.29, 1.82) is 0 Å². The van der Waals surface area contributed by atoms with E-state index in [0.717, 1.165) is 79.9 Å². The van der Waals surface area contributed by atoms with Crippen molar-refractivity contribution in [2.45, 2.75) is 215 Å². The average molecular weight is 2210 g/mol. The molecule has 661 valence electrons. The van der Waals surface area contributed by atoms with Gasteiger partial charge in [0.25, 0.3) is 0 Å². The number of nitrogens with zero attached hydrogens (tertiary/aromatic N) is 3. The van der Waals surface area contributed by atoms with Gasteiger partial charge < -0.3 is 15.3 Å². The molecule has 0 saturated carbocycles. The number of ketones is 3. The Bertz CT molecular complexity index is 6200. The van der Waals surface area contributed by atoms with Crippen LogP contribution in [0.1, 0.15) is 221 Å². The Morgan fingerprint density at radius 1 is 0.341 bits per heavy atom. The number of aryl methyl sites for hydroxylation is 7. The predicted molar refractivity (Wildman–Crippen MR) is 515 cm³/mol. The molecule has 0 fully saturated rings. The van der Waals surface area contributed by atoms with Crippen molar-refractivity contribution in [3.63, 3.8) is 0 Å². The normalized spacial score (nSPS) is 13.2. The van der Waals surface area contributed by atoms with Gasteiger partial charge in [0.15, 0.2) is 17.3 Å². The van der Waals surface area contributed by atoms with Crippen LogP contribution >= 0.6 is 0 Å². The summed E-state index contributed by atoms with van der Waals surface area (Å²) in [5, 5.41) is 29.8. The second kappa shape index (κ2) is 42.7. The molecule has 16 rings (SSSR count).